The summed E-state index contributed by atoms with van der Waals surface area (Å²) in [5.41, 5.74) is 0. The van der Waals surface area contributed by atoms with Gasteiger partial charge in [-0.3, -0.25) is 9.59 Å². The molecule has 1 rings (SSSR count). The average Bonchev–Trinajstić information content (AvgIpc) is 2.28. The van der Waals surface area contributed by atoms with Crippen LogP contribution in [-0.4, -0.2) is 49.4 Å². The van der Waals surface area contributed by atoms with Gasteiger partial charge in [-0.25, -0.2) is 0 Å². The van der Waals surface area contributed by atoms with Gasteiger partial charge in [-0.2, -0.15) is 0 Å². The SMILES string of the molecule is CC(C)NC(=O)CN(C)C(=O)[C@H]1CCCNC1. The quantitative estimate of drug-likeness (QED) is 0.726. The van der Waals surface area contributed by atoms with E-state index in [2.05, 4.69) is 10.6 Å². The smallest absolute Gasteiger partial charge is 0.239 e. The molecule has 1 aliphatic rings. The first kappa shape index (κ1) is 14.0. The minimum absolute atomic E-state index is 0.0283. The van der Waals surface area contributed by atoms with Gasteiger partial charge in [0, 0.05) is 19.6 Å². The van der Waals surface area contributed by atoms with Gasteiger partial charge >= 0.3 is 0 Å². The predicted molar refractivity (Wildman–Crippen MR) is 66.5 cm³/mol. The molecule has 2 N–H and O–H groups in total. The number of piperidine rings is 1. The van der Waals surface area contributed by atoms with Crippen LogP contribution in [0.4, 0.5) is 0 Å². The summed E-state index contributed by atoms with van der Waals surface area (Å²) < 4.78 is 0. The lowest BCUT2D eigenvalue weighted by molar-refractivity contribution is -0.138. The minimum atomic E-state index is -0.0976. The van der Waals surface area contributed by atoms with E-state index in [4.69, 9.17) is 0 Å². The number of amides is 2. The molecule has 1 aliphatic heterocycles. The lowest BCUT2D eigenvalue weighted by Crippen LogP contribution is -2.46. The first-order chi connectivity index (χ1) is 8.00. The van der Waals surface area contributed by atoms with Crippen molar-refractivity contribution < 1.29 is 9.59 Å². The lowest BCUT2D eigenvalue weighted by Gasteiger charge is -2.26. The highest BCUT2D eigenvalue weighted by molar-refractivity contribution is 5.86. The highest BCUT2D eigenvalue weighted by atomic mass is 16.2. The Balaban J connectivity index is 2.37. The highest BCUT2D eigenvalue weighted by Crippen LogP contribution is 2.12. The Morgan fingerprint density at radius 2 is 2.18 bits per heavy atom. The van der Waals surface area contributed by atoms with Crippen molar-refractivity contribution in [2.75, 3.05) is 26.7 Å². The van der Waals surface area contributed by atoms with Crippen molar-refractivity contribution in [2.45, 2.75) is 32.7 Å². The van der Waals surface area contributed by atoms with Crippen LogP contribution in [-0.2, 0) is 9.59 Å². The van der Waals surface area contributed by atoms with E-state index in [0.29, 0.717) is 0 Å². The Hall–Kier alpha value is -1.10. The maximum absolute atomic E-state index is 12.0. The number of rotatable bonds is 4. The molecule has 0 aromatic heterocycles. The van der Waals surface area contributed by atoms with E-state index in [1.807, 2.05) is 13.8 Å². The summed E-state index contributed by atoms with van der Waals surface area (Å²) >= 11 is 0. The van der Waals surface area contributed by atoms with Crippen molar-refractivity contribution in [3.05, 3.63) is 0 Å². The monoisotopic (exact) mass is 241 g/mol. The maximum Gasteiger partial charge on any atom is 0.239 e. The zero-order chi connectivity index (χ0) is 12.8. The Bertz CT molecular complexity index is 273. The van der Waals surface area contributed by atoms with Crippen LogP contribution < -0.4 is 10.6 Å². The van der Waals surface area contributed by atoms with Crippen molar-refractivity contribution in [1.82, 2.24) is 15.5 Å². The molecule has 1 saturated heterocycles. The van der Waals surface area contributed by atoms with Crippen LogP contribution in [0.15, 0.2) is 0 Å². The Morgan fingerprint density at radius 1 is 1.47 bits per heavy atom. The van der Waals surface area contributed by atoms with Gasteiger partial charge in [-0.15, -0.1) is 0 Å². The van der Waals surface area contributed by atoms with Gasteiger partial charge < -0.3 is 15.5 Å². The molecule has 0 unspecified atom stereocenters. The molecule has 0 aromatic carbocycles. The van der Waals surface area contributed by atoms with Crippen LogP contribution in [0.25, 0.3) is 0 Å². The fourth-order valence-corrected chi connectivity index (χ4v) is 2.04. The molecule has 1 atom stereocenters. The van der Waals surface area contributed by atoms with E-state index < -0.39 is 0 Å². The van der Waals surface area contributed by atoms with Gasteiger partial charge in [-0.05, 0) is 33.2 Å². The van der Waals surface area contributed by atoms with Gasteiger partial charge in [-0.1, -0.05) is 0 Å². The molecule has 1 fully saturated rings. The maximum atomic E-state index is 12.0. The highest BCUT2D eigenvalue weighted by Gasteiger charge is 2.24. The molecule has 0 aromatic rings. The summed E-state index contributed by atoms with van der Waals surface area (Å²) in [7, 11) is 1.69. The summed E-state index contributed by atoms with van der Waals surface area (Å²) in [6, 6.07) is 0.113. The van der Waals surface area contributed by atoms with Crippen LogP contribution in [0.2, 0.25) is 0 Å². The number of nitrogens with one attached hydrogen (secondary N) is 2. The molecule has 0 radical (unpaired) electrons. The van der Waals surface area contributed by atoms with Crippen molar-refractivity contribution in [2.24, 2.45) is 5.92 Å². The van der Waals surface area contributed by atoms with Crippen molar-refractivity contribution in [1.29, 1.82) is 0 Å². The number of carbonyl (C=O) groups is 2. The number of hydrogen-bond acceptors (Lipinski definition) is 3. The van der Waals surface area contributed by atoms with E-state index in [9.17, 15) is 9.59 Å². The largest absolute Gasteiger partial charge is 0.352 e. The fourth-order valence-electron chi connectivity index (χ4n) is 2.04. The Kier molecular flexibility index (Phi) is 5.41. The van der Waals surface area contributed by atoms with E-state index >= 15 is 0 Å². The molecule has 98 valence electrons. The molecular weight excluding hydrogens is 218 g/mol. The summed E-state index contributed by atoms with van der Waals surface area (Å²) in [4.78, 5) is 25.1. The molecular formula is C12H23N3O2. The molecule has 17 heavy (non-hydrogen) atoms. The Labute approximate surface area is 103 Å². The third kappa shape index (κ3) is 4.73. The lowest BCUT2D eigenvalue weighted by atomic mass is 9.98. The van der Waals surface area contributed by atoms with Gasteiger partial charge in [0.05, 0.1) is 12.5 Å². The van der Waals surface area contributed by atoms with Crippen LogP contribution in [0.1, 0.15) is 26.7 Å². The summed E-state index contributed by atoms with van der Waals surface area (Å²) in [5.74, 6) is -0.00340. The zero-order valence-electron chi connectivity index (χ0n) is 11.0. The van der Waals surface area contributed by atoms with Crippen LogP contribution >= 0.6 is 0 Å². The molecule has 0 spiro atoms. The third-order valence-corrected chi connectivity index (χ3v) is 2.85. The minimum Gasteiger partial charge on any atom is -0.352 e. The Morgan fingerprint density at radius 3 is 2.71 bits per heavy atom. The molecule has 0 saturated carbocycles. The van der Waals surface area contributed by atoms with Crippen molar-refractivity contribution >= 4 is 11.8 Å². The first-order valence-corrected chi connectivity index (χ1v) is 6.25. The molecule has 0 aliphatic carbocycles. The molecule has 1 heterocycles. The van der Waals surface area contributed by atoms with E-state index in [0.717, 1.165) is 25.9 Å². The molecule has 2 amide bonds. The van der Waals surface area contributed by atoms with Gasteiger partial charge in [0.2, 0.25) is 11.8 Å². The first-order valence-electron chi connectivity index (χ1n) is 6.25. The van der Waals surface area contributed by atoms with Crippen molar-refractivity contribution in [3.63, 3.8) is 0 Å². The zero-order valence-corrected chi connectivity index (χ0v) is 11.0. The average molecular weight is 241 g/mol. The summed E-state index contributed by atoms with van der Waals surface area (Å²) in [5, 5.41) is 5.99. The summed E-state index contributed by atoms with van der Waals surface area (Å²) in [6.45, 7) is 5.68. The number of carbonyl (C=O) groups excluding carboxylic acids is 2. The molecule has 0 bridgehead atoms. The second kappa shape index (κ2) is 6.59. The topological polar surface area (TPSA) is 61.4 Å². The van der Waals surface area contributed by atoms with Gasteiger partial charge in [0.1, 0.15) is 0 Å². The van der Waals surface area contributed by atoms with Gasteiger partial charge in [0.25, 0.3) is 0 Å². The van der Waals surface area contributed by atoms with Crippen LogP contribution in [0, 0.1) is 5.92 Å². The van der Waals surface area contributed by atoms with E-state index in [-0.39, 0.29) is 30.3 Å². The van der Waals surface area contributed by atoms with Crippen LogP contribution in [0.3, 0.4) is 0 Å². The summed E-state index contributed by atoms with van der Waals surface area (Å²) in [6.07, 6.45) is 1.95. The van der Waals surface area contributed by atoms with Gasteiger partial charge in [0.15, 0.2) is 0 Å². The predicted octanol–water partition coefficient (Wildman–Crippen LogP) is -0.0310. The number of likely N-dealkylation sites (N-methyl/N-ethyl adjacent to an activating group) is 1. The second-order valence-corrected chi connectivity index (χ2v) is 4.96. The fraction of sp³-hybridized carbons (Fsp3) is 0.833. The third-order valence-electron chi connectivity index (χ3n) is 2.85. The molecule has 5 nitrogen and oxygen atoms in total. The number of hydrogen-bond donors (Lipinski definition) is 2. The molecule has 5 heteroatoms. The standard InChI is InChI=1S/C12H23N3O2/c1-9(2)14-11(16)8-15(3)12(17)10-5-4-6-13-7-10/h9-10,13H,4-8H2,1-3H3,(H,14,16)/t10-/m0/s1. The normalized spacial score (nSPS) is 20.1. The number of nitrogens with zero attached hydrogens (tertiary/aromatic N) is 1. The second-order valence-electron chi connectivity index (χ2n) is 4.96. The van der Waals surface area contributed by atoms with E-state index in [1.54, 1.807) is 7.05 Å². The van der Waals surface area contributed by atoms with Crippen molar-refractivity contribution in [3.8, 4) is 0 Å². The van der Waals surface area contributed by atoms with E-state index in [1.165, 1.54) is 4.90 Å². The van der Waals surface area contributed by atoms with Crippen LogP contribution in [0.5, 0.6) is 0 Å².